The summed E-state index contributed by atoms with van der Waals surface area (Å²) < 4.78 is 96.4. The van der Waals surface area contributed by atoms with Crippen LogP contribution in [0.25, 0.3) is 6.08 Å². The zero-order valence-electron chi connectivity index (χ0n) is 16.7. The van der Waals surface area contributed by atoms with Gasteiger partial charge in [0.1, 0.15) is 5.57 Å². The van der Waals surface area contributed by atoms with Crippen molar-refractivity contribution < 1.29 is 45.4 Å². The van der Waals surface area contributed by atoms with Gasteiger partial charge in [-0.15, -0.1) is 0 Å². The van der Waals surface area contributed by atoms with E-state index in [1.165, 1.54) is 19.1 Å². The molecule has 0 heterocycles. The van der Waals surface area contributed by atoms with Crippen molar-refractivity contribution in [2.24, 2.45) is 0 Å². The molecule has 0 amide bonds. The Kier molecular flexibility index (Phi) is 9.10. The van der Waals surface area contributed by atoms with E-state index < -0.39 is 36.2 Å². The summed E-state index contributed by atoms with van der Waals surface area (Å²) in [5, 5.41) is 9.03. The van der Waals surface area contributed by atoms with Crippen molar-refractivity contribution in [2.75, 3.05) is 31.2 Å². The van der Waals surface area contributed by atoms with Crippen LogP contribution in [0.4, 0.5) is 36.4 Å². The molecule has 0 aliphatic heterocycles. The number of carbonyl (C=O) groups excluding carboxylic acids is 1. The number of carbonyl (C=O) groups is 1. The topological polar surface area (TPSA) is 49.8 Å². The van der Waals surface area contributed by atoms with E-state index in [2.05, 4.69) is 4.74 Å². The van der Waals surface area contributed by atoms with E-state index in [1.54, 1.807) is 12.1 Å². The number of alkyl halides is 7. The first-order chi connectivity index (χ1) is 14.3. The Hall–Kier alpha value is -2.56. The van der Waals surface area contributed by atoms with Gasteiger partial charge in [-0.2, -0.15) is 30.7 Å². The molecule has 174 valence electrons. The Morgan fingerprint density at radius 1 is 1.06 bits per heavy atom. The third-order valence-corrected chi connectivity index (χ3v) is 4.15. The number of anilines is 1. The summed E-state index contributed by atoms with van der Waals surface area (Å²) in [5.41, 5.74) is -0.980. The van der Waals surface area contributed by atoms with E-state index in [4.69, 9.17) is 5.11 Å². The van der Waals surface area contributed by atoms with Crippen molar-refractivity contribution in [3.63, 3.8) is 0 Å². The lowest BCUT2D eigenvalue weighted by Crippen LogP contribution is -2.54. The molecule has 0 unspecified atom stereocenters. The lowest BCUT2D eigenvalue weighted by atomic mass is 10.0. The highest BCUT2D eigenvalue weighted by Crippen LogP contribution is 2.50. The van der Waals surface area contributed by atoms with Gasteiger partial charge in [0, 0.05) is 18.8 Å². The molecule has 0 atom stereocenters. The third-order valence-electron chi connectivity index (χ3n) is 4.15. The molecule has 0 aliphatic rings. The van der Waals surface area contributed by atoms with Gasteiger partial charge in [-0.3, -0.25) is 0 Å². The van der Waals surface area contributed by atoms with Crippen molar-refractivity contribution in [3.8, 4) is 0 Å². The molecule has 0 saturated carbocycles. The van der Waals surface area contributed by atoms with Crippen molar-refractivity contribution in [1.29, 1.82) is 0 Å². The Morgan fingerprint density at radius 2 is 1.65 bits per heavy atom. The van der Waals surface area contributed by atoms with Crippen LogP contribution in [-0.4, -0.2) is 55.4 Å². The Bertz CT molecular complexity index is 787. The zero-order valence-corrected chi connectivity index (χ0v) is 16.7. The second-order valence-corrected chi connectivity index (χ2v) is 6.20. The molecule has 0 spiro atoms. The highest BCUT2D eigenvalue weighted by atomic mass is 19.4. The second kappa shape index (κ2) is 10.7. The molecule has 0 aromatic heterocycles. The normalized spacial score (nSPS) is 13.5. The monoisotopic (exact) mass is 457 g/mol. The van der Waals surface area contributed by atoms with Gasteiger partial charge in [0.25, 0.3) is 0 Å². The molecule has 0 fully saturated rings. The molecule has 1 rings (SSSR count). The average Bonchev–Trinajstić information content (AvgIpc) is 2.69. The molecule has 11 heteroatoms. The maximum absolute atomic E-state index is 14.0. The fourth-order valence-corrected chi connectivity index (χ4v) is 2.50. The Balaban J connectivity index is 3.24. The van der Waals surface area contributed by atoms with Gasteiger partial charge >= 0.3 is 24.0 Å². The van der Waals surface area contributed by atoms with Crippen LogP contribution in [-0.2, 0) is 9.53 Å². The molecule has 0 bridgehead atoms. The minimum Gasteiger partial charge on any atom is -0.462 e. The van der Waals surface area contributed by atoms with E-state index in [0.29, 0.717) is 18.7 Å². The first-order valence-corrected chi connectivity index (χ1v) is 9.17. The van der Waals surface area contributed by atoms with Crippen LogP contribution in [0.2, 0.25) is 0 Å². The number of allylic oxidation sites excluding steroid dienone is 2. The highest BCUT2D eigenvalue weighted by Gasteiger charge is 2.75. The molecule has 31 heavy (non-hydrogen) atoms. The average molecular weight is 457 g/mol. The maximum atomic E-state index is 14.0. The standard InChI is InChI=1S/C20H22F7NO3/c1-3-28(12-13-29)15-10-8-14(9-11-15)6-5-7-16(17(30)31-4-2)18(21,22)19(23,24)20(25,26)27/h5-11,29H,3-4,12-13H2,1-2H3. The second-order valence-electron chi connectivity index (χ2n) is 6.20. The predicted octanol–water partition coefficient (Wildman–Crippen LogP) is 4.84. The summed E-state index contributed by atoms with van der Waals surface area (Å²) in [6.07, 6.45) is -4.50. The molecular formula is C20H22F7NO3. The summed E-state index contributed by atoms with van der Waals surface area (Å²) in [6.45, 7) is 3.44. The number of likely N-dealkylation sites (N-methyl/N-ethyl adjacent to an activating group) is 1. The molecule has 0 aliphatic carbocycles. The number of ether oxygens (including phenoxy) is 1. The van der Waals surface area contributed by atoms with Crippen LogP contribution in [0.3, 0.4) is 0 Å². The minimum absolute atomic E-state index is 0.0757. The fourth-order valence-electron chi connectivity index (χ4n) is 2.50. The van der Waals surface area contributed by atoms with Crippen LogP contribution < -0.4 is 4.90 Å². The minimum atomic E-state index is -6.58. The Labute approximate surface area is 174 Å². The van der Waals surface area contributed by atoms with Crippen molar-refractivity contribution in [2.45, 2.75) is 31.9 Å². The molecule has 0 saturated heterocycles. The van der Waals surface area contributed by atoms with Gasteiger partial charge in [-0.1, -0.05) is 24.3 Å². The summed E-state index contributed by atoms with van der Waals surface area (Å²) in [5.74, 6) is -14.3. The van der Waals surface area contributed by atoms with Gasteiger partial charge < -0.3 is 14.7 Å². The smallest absolute Gasteiger partial charge is 0.460 e. The number of halogens is 7. The molecular weight excluding hydrogens is 435 g/mol. The summed E-state index contributed by atoms with van der Waals surface area (Å²) in [4.78, 5) is 13.5. The lowest BCUT2D eigenvalue weighted by molar-refractivity contribution is -0.344. The first-order valence-electron chi connectivity index (χ1n) is 9.17. The van der Waals surface area contributed by atoms with Crippen molar-refractivity contribution in [1.82, 2.24) is 0 Å². The van der Waals surface area contributed by atoms with Gasteiger partial charge in [0.15, 0.2) is 0 Å². The summed E-state index contributed by atoms with van der Waals surface area (Å²) >= 11 is 0. The summed E-state index contributed by atoms with van der Waals surface area (Å²) in [7, 11) is 0. The van der Waals surface area contributed by atoms with Gasteiger partial charge in [0.2, 0.25) is 0 Å². The van der Waals surface area contributed by atoms with Crippen LogP contribution in [0.1, 0.15) is 19.4 Å². The fraction of sp³-hybridized carbons (Fsp3) is 0.450. The number of aliphatic hydroxyl groups excluding tert-OH is 1. The molecule has 4 nitrogen and oxygen atoms in total. The van der Waals surface area contributed by atoms with Crippen LogP contribution in [0, 0.1) is 0 Å². The number of hydrogen-bond donors (Lipinski definition) is 1. The van der Waals surface area contributed by atoms with Crippen LogP contribution >= 0.6 is 0 Å². The number of nitrogens with zero attached hydrogens (tertiary/aromatic N) is 1. The highest BCUT2D eigenvalue weighted by molar-refractivity contribution is 5.91. The van der Waals surface area contributed by atoms with Gasteiger partial charge in [0.05, 0.1) is 13.2 Å². The molecule has 1 aromatic carbocycles. The van der Waals surface area contributed by atoms with E-state index >= 15 is 0 Å². The maximum Gasteiger partial charge on any atom is 0.460 e. The zero-order chi connectivity index (χ0) is 23.9. The third kappa shape index (κ3) is 6.22. The number of aliphatic hydroxyl groups is 1. The molecule has 1 N–H and O–H groups in total. The number of rotatable bonds is 10. The van der Waals surface area contributed by atoms with Crippen LogP contribution in [0.5, 0.6) is 0 Å². The SMILES string of the molecule is CCOC(=O)C(=CC=Cc1ccc(N(CC)CCO)cc1)C(F)(F)C(F)(F)C(F)(F)F. The lowest BCUT2D eigenvalue weighted by Gasteiger charge is -2.28. The first kappa shape index (κ1) is 26.5. The largest absolute Gasteiger partial charge is 0.462 e. The quantitative estimate of drug-likeness (QED) is 0.237. The molecule has 1 aromatic rings. The van der Waals surface area contributed by atoms with Crippen molar-refractivity contribution in [3.05, 3.63) is 47.6 Å². The van der Waals surface area contributed by atoms with E-state index in [0.717, 1.165) is 17.8 Å². The van der Waals surface area contributed by atoms with Gasteiger partial charge in [-0.05, 0) is 37.6 Å². The number of benzene rings is 1. The van der Waals surface area contributed by atoms with E-state index in [9.17, 15) is 35.5 Å². The molecule has 0 radical (unpaired) electrons. The number of hydrogen-bond acceptors (Lipinski definition) is 4. The van der Waals surface area contributed by atoms with E-state index in [-0.39, 0.29) is 12.7 Å². The summed E-state index contributed by atoms with van der Waals surface area (Å²) in [6, 6.07) is 6.35. The number of esters is 1. The van der Waals surface area contributed by atoms with Crippen molar-refractivity contribution >= 4 is 17.7 Å². The van der Waals surface area contributed by atoms with Gasteiger partial charge in [-0.25, -0.2) is 4.79 Å². The predicted molar refractivity (Wildman–Crippen MR) is 101 cm³/mol. The van der Waals surface area contributed by atoms with Crippen LogP contribution in [0.15, 0.2) is 42.0 Å². The Morgan fingerprint density at radius 3 is 2.10 bits per heavy atom. The van der Waals surface area contributed by atoms with E-state index in [1.807, 2.05) is 11.8 Å².